The Hall–Kier alpha value is -4.11. The number of carbonyl (C=O) groups excluding carboxylic acids is 1. The van der Waals surface area contributed by atoms with Crippen LogP contribution in [0.25, 0.3) is 28.0 Å². The summed E-state index contributed by atoms with van der Waals surface area (Å²) in [6.45, 7) is 0. The van der Waals surface area contributed by atoms with E-state index in [1.54, 1.807) is 24.7 Å². The molecule has 1 amide bonds. The maximum atomic E-state index is 15.1. The van der Waals surface area contributed by atoms with Gasteiger partial charge in [-0.3, -0.25) is 14.3 Å². The first-order valence-corrected chi connectivity index (χ1v) is 11.0. The van der Waals surface area contributed by atoms with Crippen LogP contribution in [0.15, 0.2) is 73.3 Å². The van der Waals surface area contributed by atoms with Crippen LogP contribution in [0, 0.1) is 17.5 Å². The van der Waals surface area contributed by atoms with E-state index in [-0.39, 0.29) is 23.5 Å². The first-order chi connectivity index (χ1) is 16.9. The molecule has 36 heavy (non-hydrogen) atoms. The van der Waals surface area contributed by atoms with E-state index in [1.165, 1.54) is 18.2 Å². The molecule has 0 spiro atoms. The predicted octanol–water partition coefficient (Wildman–Crippen LogP) is 5.65. The highest BCUT2D eigenvalue weighted by Crippen LogP contribution is 2.46. The van der Waals surface area contributed by atoms with Gasteiger partial charge in [0.25, 0.3) is 5.91 Å². The third-order valence-corrected chi connectivity index (χ3v) is 6.40. The van der Waals surface area contributed by atoms with Crippen molar-refractivity contribution in [2.24, 2.45) is 0 Å². The summed E-state index contributed by atoms with van der Waals surface area (Å²) >= 11 is 0. The maximum absolute atomic E-state index is 15.1. The van der Waals surface area contributed by atoms with Crippen molar-refractivity contribution in [1.82, 2.24) is 24.9 Å². The largest absolute Gasteiger partial charge is 0.342 e. The summed E-state index contributed by atoms with van der Waals surface area (Å²) in [7, 11) is 0. The molecule has 2 N–H and O–H groups in total. The molecule has 3 aromatic heterocycles. The molecule has 182 valence electrons. The van der Waals surface area contributed by atoms with Gasteiger partial charge in [0.05, 0.1) is 29.2 Å². The average molecular weight is 510 g/mol. The number of nitrogens with one attached hydrogen (secondary N) is 2. The Morgan fingerprint density at radius 2 is 1.75 bits per heavy atom. The molecule has 0 atom stereocenters. The number of imidazole rings is 1. The first-order valence-electron chi connectivity index (χ1n) is 11.0. The molecule has 0 bridgehead atoms. The van der Waals surface area contributed by atoms with Gasteiger partial charge in [-0.15, -0.1) is 12.4 Å². The van der Waals surface area contributed by atoms with Gasteiger partial charge in [-0.2, -0.15) is 5.10 Å². The lowest BCUT2D eigenvalue weighted by atomic mass is 10.0. The van der Waals surface area contributed by atoms with Crippen molar-refractivity contribution in [3.63, 3.8) is 0 Å². The monoisotopic (exact) mass is 509 g/mol. The van der Waals surface area contributed by atoms with Gasteiger partial charge in [0.1, 0.15) is 23.1 Å². The molecule has 2 aromatic carbocycles. The summed E-state index contributed by atoms with van der Waals surface area (Å²) in [5.74, 6) is -2.80. The molecule has 10 heteroatoms. The zero-order valence-corrected chi connectivity index (χ0v) is 19.5. The van der Waals surface area contributed by atoms with Gasteiger partial charge < -0.3 is 5.32 Å². The van der Waals surface area contributed by atoms with Crippen LogP contribution in [0.4, 0.5) is 13.2 Å². The number of halogens is 4. The highest BCUT2D eigenvalue weighted by Gasteiger charge is 2.47. The molecule has 0 radical (unpaired) electrons. The van der Waals surface area contributed by atoms with Crippen LogP contribution in [-0.2, 0) is 5.54 Å². The molecule has 0 unspecified atom stereocenters. The fourth-order valence-corrected chi connectivity index (χ4v) is 4.38. The Bertz CT molecular complexity index is 1590. The summed E-state index contributed by atoms with van der Waals surface area (Å²) in [4.78, 5) is 17.3. The van der Waals surface area contributed by atoms with E-state index >= 15 is 4.39 Å². The van der Waals surface area contributed by atoms with Gasteiger partial charge in [0, 0.05) is 40.7 Å². The number of fused-ring (bicyclic) bond motifs is 1. The number of benzene rings is 2. The number of pyridine rings is 1. The fraction of sp³-hybridized carbons (Fsp3) is 0.115. The number of aromatic amines is 1. The molecular formula is C26H19ClF3N5O. The minimum Gasteiger partial charge on any atom is -0.342 e. The molecule has 0 saturated heterocycles. The molecule has 5 aromatic rings. The lowest BCUT2D eigenvalue weighted by Gasteiger charge is -2.19. The maximum Gasteiger partial charge on any atom is 0.254 e. The molecule has 1 saturated carbocycles. The van der Waals surface area contributed by atoms with Gasteiger partial charge in [-0.1, -0.05) is 12.1 Å². The van der Waals surface area contributed by atoms with E-state index in [4.69, 9.17) is 0 Å². The average Bonchev–Trinajstić information content (AvgIpc) is 3.23. The zero-order valence-electron chi connectivity index (χ0n) is 18.6. The van der Waals surface area contributed by atoms with Crippen LogP contribution < -0.4 is 5.32 Å². The second-order valence-corrected chi connectivity index (χ2v) is 8.63. The summed E-state index contributed by atoms with van der Waals surface area (Å²) in [5.41, 5.74) is 2.78. The number of aromatic nitrogens is 4. The molecule has 6 nitrogen and oxygen atoms in total. The van der Waals surface area contributed by atoms with Crippen molar-refractivity contribution in [3.05, 3.63) is 102 Å². The number of rotatable bonds is 5. The third-order valence-electron chi connectivity index (χ3n) is 6.40. The lowest BCUT2D eigenvalue weighted by Crippen LogP contribution is -2.36. The van der Waals surface area contributed by atoms with Crippen molar-refractivity contribution in [2.45, 2.75) is 18.4 Å². The van der Waals surface area contributed by atoms with Crippen LogP contribution >= 0.6 is 12.4 Å². The van der Waals surface area contributed by atoms with E-state index in [2.05, 4.69) is 20.5 Å². The number of amides is 1. The number of hydrogen-bond acceptors (Lipinski definition) is 3. The highest BCUT2D eigenvalue weighted by molar-refractivity contribution is 5.96. The molecule has 0 aliphatic heterocycles. The topological polar surface area (TPSA) is 75.1 Å². The van der Waals surface area contributed by atoms with E-state index in [9.17, 15) is 13.6 Å². The summed E-state index contributed by atoms with van der Waals surface area (Å²) in [6.07, 6.45) is 7.98. The first kappa shape index (κ1) is 23.6. The van der Waals surface area contributed by atoms with Crippen LogP contribution in [0.3, 0.4) is 0 Å². The van der Waals surface area contributed by atoms with Gasteiger partial charge in [0.2, 0.25) is 0 Å². The van der Waals surface area contributed by atoms with Crippen LogP contribution in [-0.4, -0.2) is 25.5 Å². The van der Waals surface area contributed by atoms with Gasteiger partial charge in [0.15, 0.2) is 0 Å². The molecule has 1 aliphatic carbocycles. The Labute approximate surface area is 209 Å². The van der Waals surface area contributed by atoms with E-state index in [0.717, 1.165) is 23.3 Å². The van der Waals surface area contributed by atoms with E-state index in [1.807, 2.05) is 22.7 Å². The van der Waals surface area contributed by atoms with Crippen molar-refractivity contribution in [1.29, 1.82) is 0 Å². The predicted molar refractivity (Wildman–Crippen MR) is 130 cm³/mol. The minimum atomic E-state index is -0.953. The van der Waals surface area contributed by atoms with Crippen molar-refractivity contribution in [2.75, 3.05) is 0 Å². The summed E-state index contributed by atoms with van der Waals surface area (Å²) in [6, 6.07) is 11.3. The van der Waals surface area contributed by atoms with Gasteiger partial charge in [-0.25, -0.2) is 18.2 Å². The van der Waals surface area contributed by atoms with Crippen molar-refractivity contribution < 1.29 is 18.0 Å². The molecule has 1 aliphatic rings. The van der Waals surface area contributed by atoms with E-state index in [0.29, 0.717) is 29.7 Å². The Morgan fingerprint density at radius 3 is 2.44 bits per heavy atom. The molecular weight excluding hydrogens is 491 g/mol. The molecule has 1 fully saturated rings. The molecule has 6 rings (SSSR count). The number of hydrogen-bond donors (Lipinski definition) is 2. The standard InChI is InChI=1S/C26H18F3N5O.ClH/c27-18-3-5-20(22(29)10-18)26(7-8-26)33-25(35)19-4-1-15(9-21(19)28)23-13-30-24-6-2-16(14-34(23)24)17-11-31-32-12-17;/h1-6,9-14H,7-8H2,(H,31,32)(H,33,35);1H. The van der Waals surface area contributed by atoms with Gasteiger partial charge >= 0.3 is 0 Å². The second-order valence-electron chi connectivity index (χ2n) is 8.63. The zero-order chi connectivity index (χ0) is 24.2. The third kappa shape index (κ3) is 4.01. The minimum absolute atomic E-state index is 0. The Balaban J connectivity index is 0.00000267. The number of carbonyl (C=O) groups is 1. The van der Waals surface area contributed by atoms with Crippen molar-refractivity contribution in [3.8, 4) is 22.4 Å². The second kappa shape index (κ2) is 8.83. The van der Waals surface area contributed by atoms with Crippen molar-refractivity contribution >= 4 is 24.0 Å². The Morgan fingerprint density at radius 1 is 0.944 bits per heavy atom. The smallest absolute Gasteiger partial charge is 0.254 e. The SMILES string of the molecule is Cl.O=C(NC1(c2ccc(F)cc2F)CC1)c1ccc(-c2cnc3ccc(-c4cn[nH]c4)cn23)cc1F. The van der Waals surface area contributed by atoms with Crippen LogP contribution in [0.2, 0.25) is 0 Å². The quantitative estimate of drug-likeness (QED) is 0.321. The van der Waals surface area contributed by atoms with Gasteiger partial charge in [-0.05, 0) is 43.2 Å². The summed E-state index contributed by atoms with van der Waals surface area (Å²) in [5, 5.41) is 9.48. The van der Waals surface area contributed by atoms with Crippen LogP contribution in [0.5, 0.6) is 0 Å². The lowest BCUT2D eigenvalue weighted by molar-refractivity contribution is 0.0926. The number of nitrogens with zero attached hydrogens (tertiary/aromatic N) is 3. The van der Waals surface area contributed by atoms with E-state index < -0.39 is 28.9 Å². The Kier molecular flexibility index (Phi) is 5.80. The summed E-state index contributed by atoms with van der Waals surface area (Å²) < 4.78 is 44.5. The highest BCUT2D eigenvalue weighted by atomic mass is 35.5. The molecule has 3 heterocycles. The van der Waals surface area contributed by atoms with Crippen LogP contribution in [0.1, 0.15) is 28.8 Å². The number of H-pyrrole nitrogens is 1. The normalized spacial score (nSPS) is 13.9. The fourth-order valence-electron chi connectivity index (χ4n) is 4.38.